The molecule has 5 heteroatoms. The maximum Gasteiger partial charge on any atom is 0.224 e. The molecular weight excluding hydrogens is 314 g/mol. The Balaban J connectivity index is 1.93. The van der Waals surface area contributed by atoms with E-state index in [1.165, 1.54) is 11.8 Å². The third-order valence-electron chi connectivity index (χ3n) is 3.84. The van der Waals surface area contributed by atoms with Crippen molar-refractivity contribution in [3.8, 4) is 6.07 Å². The molecule has 25 heavy (non-hydrogen) atoms. The van der Waals surface area contributed by atoms with Gasteiger partial charge in [0.15, 0.2) is 0 Å². The zero-order valence-corrected chi connectivity index (χ0v) is 14.5. The van der Waals surface area contributed by atoms with Gasteiger partial charge in [0.1, 0.15) is 6.07 Å². The summed E-state index contributed by atoms with van der Waals surface area (Å²) in [6, 6.07) is 16.8. The molecule has 0 spiro atoms. The molecule has 1 N–H and O–H groups in total. The average Bonchev–Trinajstić information content (AvgIpc) is 2.60. The fourth-order valence-corrected chi connectivity index (χ4v) is 2.51. The standard InChI is InChI=1S/C20H21N3O2/c1-15-7-9-17(10-8-15)13-20(25)22-11-12-23(16(2)24)19-6-4-3-5-18(19)14-21/h3-10H,11-13H2,1-2H3,(H,22,25). The summed E-state index contributed by atoms with van der Waals surface area (Å²) < 4.78 is 0. The van der Waals surface area contributed by atoms with Crippen LogP contribution in [0.2, 0.25) is 0 Å². The number of rotatable bonds is 6. The van der Waals surface area contributed by atoms with Crippen LogP contribution in [-0.2, 0) is 16.0 Å². The minimum absolute atomic E-state index is 0.0964. The number of aryl methyl sites for hydroxylation is 1. The summed E-state index contributed by atoms with van der Waals surface area (Å²) in [6.45, 7) is 4.08. The van der Waals surface area contributed by atoms with Crippen molar-refractivity contribution in [2.45, 2.75) is 20.3 Å². The molecule has 2 aromatic rings. The number of para-hydroxylation sites is 1. The van der Waals surface area contributed by atoms with Gasteiger partial charge in [-0.2, -0.15) is 5.26 Å². The molecule has 0 bridgehead atoms. The first-order valence-corrected chi connectivity index (χ1v) is 8.10. The van der Waals surface area contributed by atoms with Crippen LogP contribution in [0.15, 0.2) is 48.5 Å². The molecule has 0 aliphatic carbocycles. The first kappa shape index (κ1) is 18.2. The molecule has 0 radical (unpaired) electrons. The van der Waals surface area contributed by atoms with E-state index in [0.717, 1.165) is 11.1 Å². The summed E-state index contributed by atoms with van der Waals surface area (Å²) >= 11 is 0. The fourth-order valence-electron chi connectivity index (χ4n) is 2.51. The van der Waals surface area contributed by atoms with Gasteiger partial charge in [0, 0.05) is 20.0 Å². The Hall–Kier alpha value is -3.13. The van der Waals surface area contributed by atoms with Crippen molar-refractivity contribution >= 4 is 17.5 Å². The molecule has 0 aliphatic heterocycles. The highest BCUT2D eigenvalue weighted by Crippen LogP contribution is 2.19. The van der Waals surface area contributed by atoms with Crippen molar-refractivity contribution in [3.05, 3.63) is 65.2 Å². The van der Waals surface area contributed by atoms with Gasteiger partial charge in [-0.1, -0.05) is 42.0 Å². The number of benzene rings is 2. The lowest BCUT2D eigenvalue weighted by atomic mass is 10.1. The minimum Gasteiger partial charge on any atom is -0.354 e. The van der Waals surface area contributed by atoms with E-state index in [9.17, 15) is 14.9 Å². The van der Waals surface area contributed by atoms with E-state index in [1.54, 1.807) is 24.3 Å². The highest BCUT2D eigenvalue weighted by Gasteiger charge is 2.15. The molecule has 128 valence electrons. The molecule has 0 heterocycles. The lowest BCUT2D eigenvalue weighted by Gasteiger charge is -2.22. The van der Waals surface area contributed by atoms with Gasteiger partial charge in [0.05, 0.1) is 17.7 Å². The van der Waals surface area contributed by atoms with Crippen LogP contribution in [0.4, 0.5) is 5.69 Å². The lowest BCUT2D eigenvalue weighted by Crippen LogP contribution is -2.38. The number of nitriles is 1. The predicted octanol–water partition coefficient (Wildman–Crippen LogP) is 2.58. The highest BCUT2D eigenvalue weighted by atomic mass is 16.2. The summed E-state index contributed by atoms with van der Waals surface area (Å²) in [5.41, 5.74) is 3.09. The summed E-state index contributed by atoms with van der Waals surface area (Å²) in [5.74, 6) is -0.267. The largest absolute Gasteiger partial charge is 0.354 e. The topological polar surface area (TPSA) is 73.2 Å². The molecule has 0 aromatic heterocycles. The number of anilines is 1. The number of nitrogens with one attached hydrogen (secondary N) is 1. The van der Waals surface area contributed by atoms with E-state index in [1.807, 2.05) is 31.2 Å². The quantitative estimate of drug-likeness (QED) is 0.882. The Kier molecular flexibility index (Phi) is 6.30. The maximum absolute atomic E-state index is 12.0. The van der Waals surface area contributed by atoms with Gasteiger partial charge in [0.2, 0.25) is 11.8 Å². The average molecular weight is 335 g/mol. The van der Waals surface area contributed by atoms with Gasteiger partial charge < -0.3 is 10.2 Å². The number of amides is 2. The number of nitrogens with zero attached hydrogens (tertiary/aromatic N) is 2. The minimum atomic E-state index is -0.171. The fraction of sp³-hybridized carbons (Fsp3) is 0.250. The van der Waals surface area contributed by atoms with Crippen LogP contribution in [0.25, 0.3) is 0 Å². The summed E-state index contributed by atoms with van der Waals surface area (Å²) in [7, 11) is 0. The highest BCUT2D eigenvalue weighted by molar-refractivity contribution is 5.93. The second kappa shape index (κ2) is 8.65. The molecule has 0 unspecified atom stereocenters. The van der Waals surface area contributed by atoms with Crippen LogP contribution in [0.3, 0.4) is 0 Å². The van der Waals surface area contributed by atoms with Gasteiger partial charge in [-0.15, -0.1) is 0 Å². The number of hydrogen-bond acceptors (Lipinski definition) is 3. The molecule has 0 saturated carbocycles. The van der Waals surface area contributed by atoms with Crippen molar-refractivity contribution in [1.82, 2.24) is 5.32 Å². The van der Waals surface area contributed by atoms with Crippen LogP contribution in [0.1, 0.15) is 23.6 Å². The van der Waals surface area contributed by atoms with Crippen molar-refractivity contribution in [2.75, 3.05) is 18.0 Å². The van der Waals surface area contributed by atoms with E-state index < -0.39 is 0 Å². The number of carbonyl (C=O) groups excluding carboxylic acids is 2. The molecule has 2 rings (SSSR count). The maximum atomic E-state index is 12.0. The van der Waals surface area contributed by atoms with Crippen LogP contribution in [-0.4, -0.2) is 24.9 Å². The first-order valence-electron chi connectivity index (χ1n) is 8.10. The molecule has 5 nitrogen and oxygen atoms in total. The zero-order chi connectivity index (χ0) is 18.2. The second-order valence-electron chi connectivity index (χ2n) is 5.81. The molecular formula is C20H21N3O2. The summed E-state index contributed by atoms with van der Waals surface area (Å²) in [4.78, 5) is 25.5. The van der Waals surface area contributed by atoms with Crippen molar-refractivity contribution < 1.29 is 9.59 Å². The molecule has 2 aromatic carbocycles. The SMILES string of the molecule is CC(=O)N(CCNC(=O)Cc1ccc(C)cc1)c1ccccc1C#N. The van der Waals surface area contributed by atoms with Gasteiger partial charge in [-0.05, 0) is 24.6 Å². The second-order valence-corrected chi connectivity index (χ2v) is 5.81. The zero-order valence-electron chi connectivity index (χ0n) is 14.5. The van der Waals surface area contributed by atoms with Crippen LogP contribution >= 0.6 is 0 Å². The van der Waals surface area contributed by atoms with E-state index in [4.69, 9.17) is 0 Å². The Labute approximate surface area is 147 Å². The van der Waals surface area contributed by atoms with E-state index in [0.29, 0.717) is 30.8 Å². The molecule has 2 amide bonds. The Bertz CT molecular complexity index is 791. The monoisotopic (exact) mass is 335 g/mol. The number of hydrogen-bond donors (Lipinski definition) is 1. The van der Waals surface area contributed by atoms with Crippen molar-refractivity contribution in [3.63, 3.8) is 0 Å². The molecule has 0 atom stereocenters. The van der Waals surface area contributed by atoms with Crippen molar-refractivity contribution in [2.24, 2.45) is 0 Å². The first-order chi connectivity index (χ1) is 12.0. The van der Waals surface area contributed by atoms with Gasteiger partial charge in [0.25, 0.3) is 0 Å². The lowest BCUT2D eigenvalue weighted by molar-refractivity contribution is -0.121. The van der Waals surface area contributed by atoms with Crippen LogP contribution in [0.5, 0.6) is 0 Å². The summed E-state index contributed by atoms with van der Waals surface area (Å²) in [6.07, 6.45) is 0.301. The molecule has 0 saturated heterocycles. The van der Waals surface area contributed by atoms with Crippen LogP contribution < -0.4 is 10.2 Å². The Morgan fingerprint density at radius 3 is 2.44 bits per heavy atom. The van der Waals surface area contributed by atoms with E-state index in [2.05, 4.69) is 11.4 Å². The smallest absolute Gasteiger partial charge is 0.224 e. The van der Waals surface area contributed by atoms with Crippen LogP contribution in [0, 0.1) is 18.3 Å². The normalized spacial score (nSPS) is 9.96. The predicted molar refractivity (Wildman–Crippen MR) is 97.1 cm³/mol. The molecule has 0 fully saturated rings. The summed E-state index contributed by atoms with van der Waals surface area (Å²) in [5, 5.41) is 12.0. The van der Waals surface area contributed by atoms with Gasteiger partial charge >= 0.3 is 0 Å². The third kappa shape index (κ3) is 5.18. The van der Waals surface area contributed by atoms with Gasteiger partial charge in [-0.25, -0.2) is 0 Å². The third-order valence-corrected chi connectivity index (χ3v) is 3.84. The Morgan fingerprint density at radius 2 is 1.80 bits per heavy atom. The number of carbonyl (C=O) groups is 2. The van der Waals surface area contributed by atoms with Gasteiger partial charge in [-0.3, -0.25) is 9.59 Å². The Morgan fingerprint density at radius 1 is 1.12 bits per heavy atom. The van der Waals surface area contributed by atoms with E-state index >= 15 is 0 Å². The van der Waals surface area contributed by atoms with E-state index in [-0.39, 0.29) is 11.8 Å². The molecule has 0 aliphatic rings. The van der Waals surface area contributed by atoms with Crippen molar-refractivity contribution in [1.29, 1.82) is 5.26 Å².